The van der Waals surface area contributed by atoms with Gasteiger partial charge in [-0.2, -0.15) is 18.3 Å². The second-order valence-electron chi connectivity index (χ2n) is 7.67. The minimum atomic E-state index is -5.21. The summed E-state index contributed by atoms with van der Waals surface area (Å²) in [5, 5.41) is 4.78. The van der Waals surface area contributed by atoms with Crippen molar-refractivity contribution in [3.63, 3.8) is 0 Å². The number of aryl methyl sites for hydroxylation is 1. The van der Waals surface area contributed by atoms with E-state index in [4.69, 9.17) is 0 Å². The molecule has 0 spiro atoms. The van der Waals surface area contributed by atoms with Crippen molar-refractivity contribution in [2.75, 3.05) is 0 Å². The third-order valence-electron chi connectivity index (χ3n) is 5.31. The molecule has 0 unspecified atom stereocenters. The summed E-state index contributed by atoms with van der Waals surface area (Å²) in [7, 11) is -2.97. The Balaban J connectivity index is 1.66. The van der Waals surface area contributed by atoms with Gasteiger partial charge in [-0.05, 0) is 37.8 Å². The number of hydrogen-bond acceptors (Lipinski definition) is 5. The van der Waals surface area contributed by atoms with E-state index in [1.807, 2.05) is 0 Å². The third-order valence-corrected chi connectivity index (χ3v) is 7.57. The molecule has 1 aliphatic carbocycles. The number of nitrogens with zero attached hydrogens (tertiary/aromatic N) is 2. The van der Waals surface area contributed by atoms with Crippen molar-refractivity contribution in [2.24, 2.45) is 7.05 Å². The molecule has 3 rings (SSSR count). The molecular weight excluding hydrogens is 499 g/mol. The second-order valence-corrected chi connectivity index (χ2v) is 9.90. The van der Waals surface area contributed by atoms with Gasteiger partial charge in [0, 0.05) is 25.2 Å². The fourth-order valence-electron chi connectivity index (χ4n) is 3.65. The van der Waals surface area contributed by atoms with Gasteiger partial charge in [-0.3, -0.25) is 9.48 Å². The molecule has 7 nitrogen and oxygen atoms in total. The fraction of sp³-hybridized carbons (Fsp3) is 0.474. The highest BCUT2D eigenvalue weighted by Gasteiger charge is 2.37. The van der Waals surface area contributed by atoms with Gasteiger partial charge >= 0.3 is 12.5 Å². The standard InChI is InChI=1S/C19H18F7N3O4S/c1-29-14(9-16(28-29)18(21,22)23)17(30)27-10-2-4-11(5-3-10)34(31,32)12-6-7-13(20)15(8-12)33-19(24,25)26/h6-11H,2-5H2,1H3,(H,27,30). The van der Waals surface area contributed by atoms with E-state index in [0.717, 1.165) is 10.7 Å². The Bertz CT molecular complexity index is 1170. The molecule has 1 fully saturated rings. The first kappa shape index (κ1) is 25.8. The molecule has 0 bridgehead atoms. The molecule has 1 amide bonds. The summed E-state index contributed by atoms with van der Waals surface area (Å²) in [5.41, 5.74) is -1.56. The van der Waals surface area contributed by atoms with Crippen LogP contribution < -0.4 is 10.1 Å². The lowest BCUT2D eigenvalue weighted by Gasteiger charge is -2.29. The van der Waals surface area contributed by atoms with E-state index in [1.54, 1.807) is 0 Å². The molecule has 0 atom stereocenters. The topological polar surface area (TPSA) is 90.3 Å². The van der Waals surface area contributed by atoms with Crippen LogP contribution in [-0.4, -0.2) is 41.8 Å². The Morgan fingerprint density at radius 3 is 2.24 bits per heavy atom. The molecule has 0 radical (unpaired) electrons. The van der Waals surface area contributed by atoms with E-state index in [2.05, 4.69) is 15.2 Å². The summed E-state index contributed by atoms with van der Waals surface area (Å²) in [6.45, 7) is 0. The maximum atomic E-state index is 13.6. The second kappa shape index (κ2) is 9.07. The summed E-state index contributed by atoms with van der Waals surface area (Å²) in [6.07, 6.45) is -9.62. The first-order chi connectivity index (χ1) is 15.6. The van der Waals surface area contributed by atoms with Gasteiger partial charge in [0.05, 0.1) is 10.1 Å². The van der Waals surface area contributed by atoms with Crippen LogP contribution in [0.2, 0.25) is 0 Å². The number of carbonyl (C=O) groups is 1. The molecule has 1 N–H and O–H groups in total. The van der Waals surface area contributed by atoms with Crippen LogP contribution in [0.1, 0.15) is 41.9 Å². The number of aromatic nitrogens is 2. The average Bonchev–Trinajstić information content (AvgIpc) is 3.11. The highest BCUT2D eigenvalue weighted by molar-refractivity contribution is 7.92. The van der Waals surface area contributed by atoms with Crippen LogP contribution in [0.4, 0.5) is 30.7 Å². The van der Waals surface area contributed by atoms with Gasteiger partial charge < -0.3 is 10.1 Å². The third kappa shape index (κ3) is 5.80. The number of benzene rings is 1. The zero-order chi connectivity index (χ0) is 25.5. The Hall–Kier alpha value is -2.84. The zero-order valence-corrected chi connectivity index (χ0v) is 18.2. The van der Waals surface area contributed by atoms with Gasteiger partial charge in [-0.1, -0.05) is 0 Å². The lowest BCUT2D eigenvalue weighted by Crippen LogP contribution is -2.40. The highest BCUT2D eigenvalue weighted by Crippen LogP contribution is 2.33. The molecule has 1 aromatic heterocycles. The van der Waals surface area contributed by atoms with Crippen molar-refractivity contribution in [1.29, 1.82) is 0 Å². The predicted molar refractivity (Wildman–Crippen MR) is 102 cm³/mol. The Morgan fingerprint density at radius 2 is 1.71 bits per heavy atom. The maximum absolute atomic E-state index is 13.6. The predicted octanol–water partition coefficient (Wildman–Crippen LogP) is 3.99. The van der Waals surface area contributed by atoms with Crippen LogP contribution in [-0.2, 0) is 23.1 Å². The summed E-state index contributed by atoms with van der Waals surface area (Å²) in [5.74, 6) is -3.47. The van der Waals surface area contributed by atoms with Crippen molar-refractivity contribution >= 4 is 15.7 Å². The van der Waals surface area contributed by atoms with Crippen LogP contribution >= 0.6 is 0 Å². The normalized spacial score (nSPS) is 19.6. The molecule has 0 saturated heterocycles. The molecule has 34 heavy (non-hydrogen) atoms. The van der Waals surface area contributed by atoms with Crippen molar-refractivity contribution in [2.45, 2.75) is 54.4 Å². The van der Waals surface area contributed by atoms with Gasteiger partial charge in [0.2, 0.25) is 0 Å². The number of hydrogen-bond donors (Lipinski definition) is 1. The number of rotatable bonds is 5. The van der Waals surface area contributed by atoms with Crippen LogP contribution in [0.15, 0.2) is 29.2 Å². The van der Waals surface area contributed by atoms with Crippen LogP contribution in [0.3, 0.4) is 0 Å². The summed E-state index contributed by atoms with van der Waals surface area (Å²) >= 11 is 0. The number of ether oxygens (including phenoxy) is 1. The van der Waals surface area contributed by atoms with E-state index in [-0.39, 0.29) is 31.4 Å². The summed E-state index contributed by atoms with van der Waals surface area (Å²) in [6, 6.07) is 1.92. The van der Waals surface area contributed by atoms with E-state index < -0.39 is 61.7 Å². The van der Waals surface area contributed by atoms with E-state index in [0.29, 0.717) is 18.2 Å². The molecule has 1 aliphatic rings. The van der Waals surface area contributed by atoms with Gasteiger partial charge in [0.15, 0.2) is 27.1 Å². The zero-order valence-electron chi connectivity index (χ0n) is 17.4. The average molecular weight is 517 g/mol. The largest absolute Gasteiger partial charge is 0.573 e. The fourth-order valence-corrected chi connectivity index (χ4v) is 5.46. The Morgan fingerprint density at radius 1 is 1.09 bits per heavy atom. The van der Waals surface area contributed by atoms with Crippen molar-refractivity contribution in [3.8, 4) is 5.75 Å². The molecule has 15 heteroatoms. The SMILES string of the molecule is Cn1nc(C(F)(F)F)cc1C(=O)NC1CCC(S(=O)(=O)c2ccc(F)c(OC(F)(F)F)c2)CC1. The Kier molecular flexibility index (Phi) is 6.88. The van der Waals surface area contributed by atoms with E-state index in [9.17, 15) is 43.9 Å². The molecule has 1 saturated carbocycles. The number of halogens is 7. The van der Waals surface area contributed by atoms with E-state index in [1.165, 1.54) is 7.05 Å². The van der Waals surface area contributed by atoms with Crippen LogP contribution in [0.25, 0.3) is 0 Å². The van der Waals surface area contributed by atoms with Crippen molar-refractivity contribution < 1.29 is 48.7 Å². The molecule has 1 aromatic carbocycles. The smallest absolute Gasteiger partial charge is 0.403 e. The minimum Gasteiger partial charge on any atom is -0.403 e. The maximum Gasteiger partial charge on any atom is 0.573 e. The van der Waals surface area contributed by atoms with Gasteiger partial charge in [0.1, 0.15) is 5.69 Å². The summed E-state index contributed by atoms with van der Waals surface area (Å²) < 4.78 is 119. The lowest BCUT2D eigenvalue weighted by molar-refractivity contribution is -0.275. The molecular formula is C19H18F7N3O4S. The Labute approximate surface area is 188 Å². The van der Waals surface area contributed by atoms with Gasteiger partial charge in [-0.15, -0.1) is 13.2 Å². The van der Waals surface area contributed by atoms with Gasteiger partial charge in [-0.25, -0.2) is 12.8 Å². The molecule has 0 aliphatic heterocycles. The molecule has 1 heterocycles. The first-order valence-electron chi connectivity index (χ1n) is 9.79. The lowest BCUT2D eigenvalue weighted by atomic mass is 9.95. The van der Waals surface area contributed by atoms with Crippen LogP contribution in [0.5, 0.6) is 5.75 Å². The molecule has 2 aromatic rings. The van der Waals surface area contributed by atoms with E-state index >= 15 is 0 Å². The number of alkyl halides is 6. The number of amides is 1. The van der Waals surface area contributed by atoms with Crippen molar-refractivity contribution in [1.82, 2.24) is 15.1 Å². The highest BCUT2D eigenvalue weighted by atomic mass is 32.2. The number of sulfone groups is 1. The monoisotopic (exact) mass is 517 g/mol. The van der Waals surface area contributed by atoms with Gasteiger partial charge in [0.25, 0.3) is 5.91 Å². The quantitative estimate of drug-likeness (QED) is 0.479. The van der Waals surface area contributed by atoms with Crippen molar-refractivity contribution in [3.05, 3.63) is 41.5 Å². The molecule has 188 valence electrons. The number of nitrogens with one attached hydrogen (secondary N) is 1. The minimum absolute atomic E-state index is 0.0132. The summed E-state index contributed by atoms with van der Waals surface area (Å²) in [4.78, 5) is 11.8. The number of carbonyl (C=O) groups excluding carboxylic acids is 1. The first-order valence-corrected chi connectivity index (χ1v) is 11.3. The van der Waals surface area contributed by atoms with Crippen LogP contribution in [0, 0.1) is 5.82 Å².